The fourth-order valence-electron chi connectivity index (χ4n) is 3.30. The highest BCUT2D eigenvalue weighted by Crippen LogP contribution is 2.49. The molecule has 82 valence electrons. The molecule has 0 fully saturated rings. The quantitative estimate of drug-likeness (QED) is 0.602. The molecule has 0 nitrogen and oxygen atoms in total. The monoisotopic (exact) mass is 218 g/mol. The second-order valence-corrected chi connectivity index (χ2v) is 4.91. The Morgan fingerprint density at radius 3 is 3.06 bits per heavy atom. The van der Waals surface area contributed by atoms with Crippen LogP contribution in [0.2, 0.25) is 0 Å². The Hall–Kier alpha value is -1.82. The lowest BCUT2D eigenvalue weighted by Crippen LogP contribution is -1.97. The molecule has 3 aliphatic rings. The van der Waals surface area contributed by atoms with Gasteiger partial charge in [-0.05, 0) is 35.1 Å². The van der Waals surface area contributed by atoms with Gasteiger partial charge in [0.05, 0.1) is 0 Å². The summed E-state index contributed by atoms with van der Waals surface area (Å²) in [6.45, 7) is 0. The number of benzene rings is 1. The molecule has 3 aliphatic carbocycles. The summed E-state index contributed by atoms with van der Waals surface area (Å²) in [5.74, 6) is 0.524. The third-order valence-corrected chi connectivity index (χ3v) is 4.02. The third kappa shape index (κ3) is 1.18. The van der Waals surface area contributed by atoms with E-state index in [-0.39, 0.29) is 0 Å². The molecule has 0 spiro atoms. The minimum atomic E-state index is 0.524. The molecule has 1 aromatic carbocycles. The van der Waals surface area contributed by atoms with E-state index in [0.717, 1.165) is 0 Å². The summed E-state index contributed by atoms with van der Waals surface area (Å²) in [7, 11) is 0. The van der Waals surface area contributed by atoms with Gasteiger partial charge < -0.3 is 0 Å². The van der Waals surface area contributed by atoms with Crippen LogP contribution in [-0.2, 0) is 0 Å². The molecule has 4 rings (SSSR count). The number of hydrogen-bond acceptors (Lipinski definition) is 0. The minimum absolute atomic E-state index is 0.524. The zero-order valence-corrected chi connectivity index (χ0v) is 9.69. The molecule has 0 bridgehead atoms. The highest BCUT2D eigenvalue weighted by atomic mass is 14.3. The van der Waals surface area contributed by atoms with Gasteiger partial charge in [0.2, 0.25) is 0 Å². The lowest BCUT2D eigenvalue weighted by Gasteiger charge is -2.14. The summed E-state index contributed by atoms with van der Waals surface area (Å²) in [6, 6.07) is 6.69. The highest BCUT2D eigenvalue weighted by Gasteiger charge is 2.30. The smallest absolute Gasteiger partial charge is 0.0252 e. The van der Waals surface area contributed by atoms with Crippen LogP contribution in [-0.4, -0.2) is 0 Å². The van der Waals surface area contributed by atoms with Gasteiger partial charge in [0.1, 0.15) is 0 Å². The second kappa shape index (κ2) is 3.33. The fraction of sp³-hybridized carbons (Fsp3) is 0.176. The predicted molar refractivity (Wildman–Crippen MR) is 72.7 cm³/mol. The van der Waals surface area contributed by atoms with E-state index >= 15 is 0 Å². The molecule has 0 radical (unpaired) electrons. The van der Waals surface area contributed by atoms with E-state index < -0.39 is 0 Å². The van der Waals surface area contributed by atoms with E-state index in [2.05, 4.69) is 54.7 Å². The van der Waals surface area contributed by atoms with Gasteiger partial charge >= 0.3 is 0 Å². The molecule has 0 heteroatoms. The molecule has 0 heterocycles. The van der Waals surface area contributed by atoms with Crippen molar-refractivity contribution >= 4 is 11.6 Å². The number of fused-ring (bicyclic) bond motifs is 2. The Morgan fingerprint density at radius 1 is 1.06 bits per heavy atom. The Bertz CT molecular complexity index is 609. The van der Waals surface area contributed by atoms with Crippen molar-refractivity contribution in [1.82, 2.24) is 0 Å². The molecule has 0 N–H and O–H groups in total. The van der Waals surface area contributed by atoms with E-state index in [4.69, 9.17) is 0 Å². The largest absolute Gasteiger partial charge is 0.0836 e. The van der Waals surface area contributed by atoms with Crippen molar-refractivity contribution in [3.63, 3.8) is 0 Å². The first-order valence-electron chi connectivity index (χ1n) is 6.33. The Labute approximate surface area is 102 Å². The van der Waals surface area contributed by atoms with E-state index in [1.807, 2.05) is 0 Å². The first kappa shape index (κ1) is 9.23. The summed E-state index contributed by atoms with van der Waals surface area (Å²) in [5.41, 5.74) is 7.47. The lowest BCUT2D eigenvalue weighted by atomic mass is 9.89. The second-order valence-electron chi connectivity index (χ2n) is 4.91. The standard InChI is InChI=1S/C17H14/c1-2-10-15-13-8-3-4-9-14(13)16-11-5-7-12(6-1)17(15)16/h1-2,4-7,9-11,15H,3,8H2. The van der Waals surface area contributed by atoms with Crippen molar-refractivity contribution in [1.29, 1.82) is 0 Å². The van der Waals surface area contributed by atoms with Crippen LogP contribution in [0.3, 0.4) is 0 Å². The highest BCUT2D eigenvalue weighted by molar-refractivity contribution is 5.88. The normalized spacial score (nSPS) is 23.6. The van der Waals surface area contributed by atoms with Gasteiger partial charge in [0, 0.05) is 5.92 Å². The van der Waals surface area contributed by atoms with Crippen LogP contribution in [0, 0.1) is 0 Å². The van der Waals surface area contributed by atoms with Crippen LogP contribution in [0.25, 0.3) is 11.6 Å². The first-order chi connectivity index (χ1) is 8.45. The van der Waals surface area contributed by atoms with E-state index in [9.17, 15) is 0 Å². The molecule has 0 saturated carbocycles. The summed E-state index contributed by atoms with van der Waals surface area (Å²) in [5, 5.41) is 0. The lowest BCUT2D eigenvalue weighted by molar-refractivity contribution is 0.877. The summed E-state index contributed by atoms with van der Waals surface area (Å²) < 4.78 is 0. The Kier molecular flexibility index (Phi) is 1.81. The number of rotatable bonds is 0. The van der Waals surface area contributed by atoms with Gasteiger partial charge in [0.15, 0.2) is 0 Å². The van der Waals surface area contributed by atoms with Crippen LogP contribution >= 0.6 is 0 Å². The molecule has 17 heavy (non-hydrogen) atoms. The van der Waals surface area contributed by atoms with Gasteiger partial charge in [-0.1, -0.05) is 60.2 Å². The first-order valence-corrected chi connectivity index (χ1v) is 6.33. The maximum absolute atomic E-state index is 2.35. The Morgan fingerprint density at radius 2 is 2.06 bits per heavy atom. The molecule has 1 atom stereocenters. The van der Waals surface area contributed by atoms with Crippen molar-refractivity contribution in [2.45, 2.75) is 18.8 Å². The Balaban J connectivity index is 2.05. The summed E-state index contributed by atoms with van der Waals surface area (Å²) >= 11 is 0. The van der Waals surface area contributed by atoms with Crippen molar-refractivity contribution in [2.24, 2.45) is 0 Å². The molecule has 0 aromatic heterocycles. The molecule has 1 aromatic rings. The van der Waals surface area contributed by atoms with Gasteiger partial charge in [-0.3, -0.25) is 0 Å². The summed E-state index contributed by atoms with van der Waals surface area (Å²) in [6.07, 6.45) is 16.0. The molecule has 0 aliphatic heterocycles. The van der Waals surface area contributed by atoms with Gasteiger partial charge in [-0.25, -0.2) is 0 Å². The van der Waals surface area contributed by atoms with Crippen LogP contribution in [0.1, 0.15) is 35.4 Å². The van der Waals surface area contributed by atoms with Gasteiger partial charge in [-0.15, -0.1) is 0 Å². The fourth-order valence-corrected chi connectivity index (χ4v) is 3.30. The molecule has 0 amide bonds. The minimum Gasteiger partial charge on any atom is -0.0836 e. The molecular formula is C17H14. The van der Waals surface area contributed by atoms with Crippen molar-refractivity contribution < 1.29 is 0 Å². The maximum Gasteiger partial charge on any atom is 0.0252 e. The zero-order valence-electron chi connectivity index (χ0n) is 9.69. The average Bonchev–Trinajstić information content (AvgIpc) is 2.56. The van der Waals surface area contributed by atoms with Crippen LogP contribution in [0.5, 0.6) is 0 Å². The SMILES string of the molecule is C1=Cc2cccc3c2C(C=C1)C1=C3C=CCC1. The van der Waals surface area contributed by atoms with Gasteiger partial charge in [0.25, 0.3) is 0 Å². The summed E-state index contributed by atoms with van der Waals surface area (Å²) in [4.78, 5) is 0. The zero-order chi connectivity index (χ0) is 11.2. The van der Waals surface area contributed by atoms with Crippen LogP contribution < -0.4 is 0 Å². The molecule has 0 saturated heterocycles. The van der Waals surface area contributed by atoms with Crippen molar-refractivity contribution in [2.75, 3.05) is 0 Å². The van der Waals surface area contributed by atoms with Crippen molar-refractivity contribution in [3.8, 4) is 0 Å². The molecule has 1 unspecified atom stereocenters. The van der Waals surface area contributed by atoms with Gasteiger partial charge in [-0.2, -0.15) is 0 Å². The predicted octanol–water partition coefficient (Wildman–Crippen LogP) is 4.47. The topological polar surface area (TPSA) is 0 Å². The van der Waals surface area contributed by atoms with Crippen LogP contribution in [0.4, 0.5) is 0 Å². The number of hydrogen-bond donors (Lipinski definition) is 0. The maximum atomic E-state index is 2.35. The van der Waals surface area contributed by atoms with Crippen LogP contribution in [0.15, 0.2) is 54.2 Å². The van der Waals surface area contributed by atoms with Crippen molar-refractivity contribution in [3.05, 3.63) is 70.8 Å². The van der Waals surface area contributed by atoms with E-state index in [1.165, 1.54) is 35.1 Å². The third-order valence-electron chi connectivity index (χ3n) is 4.02. The van der Waals surface area contributed by atoms with E-state index in [1.54, 1.807) is 5.57 Å². The van der Waals surface area contributed by atoms with E-state index in [0.29, 0.717) is 5.92 Å². The molecular weight excluding hydrogens is 204 g/mol. The average molecular weight is 218 g/mol. The number of allylic oxidation sites excluding steroid dienone is 7.